The molecule has 0 saturated heterocycles. The van der Waals surface area contributed by atoms with Crippen LogP contribution < -0.4 is 10.6 Å². The number of alkyl carbamates (subject to hydrolysis) is 1. The van der Waals surface area contributed by atoms with Crippen molar-refractivity contribution in [1.29, 1.82) is 0 Å². The number of thioether (sulfide) groups is 1. The second-order valence-corrected chi connectivity index (χ2v) is 10.0. The van der Waals surface area contributed by atoms with Crippen LogP contribution in [0.1, 0.15) is 52.4 Å². The Bertz CT molecular complexity index is 601. The van der Waals surface area contributed by atoms with Gasteiger partial charge in [-0.1, -0.05) is 13.8 Å². The van der Waals surface area contributed by atoms with Crippen LogP contribution in [-0.4, -0.2) is 101 Å². The Morgan fingerprint density at radius 1 is 0.750 bits per heavy atom. The Morgan fingerprint density at radius 2 is 1.25 bits per heavy atom. The van der Waals surface area contributed by atoms with Crippen molar-refractivity contribution in [3.8, 4) is 0 Å². The Labute approximate surface area is 220 Å². The molecule has 0 spiro atoms. The molecule has 0 unspecified atom stereocenters. The highest BCUT2D eigenvalue weighted by atomic mass is 32.2. The van der Waals surface area contributed by atoms with Crippen molar-refractivity contribution in [2.75, 3.05) is 72.2 Å². The Morgan fingerprint density at radius 3 is 1.75 bits per heavy atom. The number of amides is 2. The Hall–Kier alpha value is -1.40. The Balaban J connectivity index is 1.77. The van der Waals surface area contributed by atoms with Gasteiger partial charge in [0.25, 0.3) is 0 Å². The van der Waals surface area contributed by atoms with Crippen LogP contribution in [0.15, 0.2) is 0 Å². The zero-order chi connectivity index (χ0) is 26.4. The van der Waals surface area contributed by atoms with E-state index in [1.165, 1.54) is 0 Å². The lowest BCUT2D eigenvalue weighted by molar-refractivity contribution is -0.126. The molecule has 2 amide bonds. The molecule has 36 heavy (non-hydrogen) atoms. The zero-order valence-electron chi connectivity index (χ0n) is 22.2. The highest BCUT2D eigenvalue weighted by molar-refractivity contribution is 7.99. The van der Waals surface area contributed by atoms with Crippen molar-refractivity contribution < 1.29 is 38.1 Å². The first-order valence-electron chi connectivity index (χ1n) is 13.0. The summed E-state index contributed by atoms with van der Waals surface area (Å²) in [6, 6.07) is 0. The summed E-state index contributed by atoms with van der Waals surface area (Å²) in [7, 11) is 0. The van der Waals surface area contributed by atoms with Crippen molar-refractivity contribution in [3.63, 3.8) is 0 Å². The summed E-state index contributed by atoms with van der Waals surface area (Å²) in [4.78, 5) is 34.9. The predicted molar refractivity (Wildman–Crippen MR) is 139 cm³/mol. The monoisotopic (exact) mass is 534 g/mol. The fourth-order valence-corrected chi connectivity index (χ4v) is 4.19. The first kappa shape index (κ1) is 32.6. The van der Waals surface area contributed by atoms with Gasteiger partial charge in [0.15, 0.2) is 0 Å². The van der Waals surface area contributed by atoms with Gasteiger partial charge in [-0.05, 0) is 31.9 Å². The van der Waals surface area contributed by atoms with E-state index in [9.17, 15) is 14.4 Å². The maximum atomic E-state index is 11.8. The van der Waals surface area contributed by atoms with Crippen molar-refractivity contribution in [1.82, 2.24) is 10.6 Å². The molecule has 0 aromatic carbocycles. The van der Waals surface area contributed by atoms with E-state index in [4.69, 9.17) is 23.7 Å². The topological polar surface area (TPSA) is 121 Å². The third-order valence-corrected chi connectivity index (χ3v) is 6.81. The molecule has 1 fully saturated rings. The fraction of sp³-hybridized carbons (Fsp3) is 0.880. The minimum atomic E-state index is -0.372. The van der Waals surface area contributed by atoms with Crippen LogP contribution in [0.25, 0.3) is 0 Å². The number of carbonyl (C=O) groups is 3. The van der Waals surface area contributed by atoms with Gasteiger partial charge in [-0.3, -0.25) is 9.59 Å². The second-order valence-electron chi connectivity index (χ2n) is 8.89. The van der Waals surface area contributed by atoms with Gasteiger partial charge < -0.3 is 34.3 Å². The van der Waals surface area contributed by atoms with Crippen LogP contribution >= 0.6 is 11.8 Å². The Kier molecular flexibility index (Phi) is 19.6. The number of hydrogen-bond donors (Lipinski definition) is 2. The van der Waals surface area contributed by atoms with Crippen LogP contribution in [0.3, 0.4) is 0 Å². The summed E-state index contributed by atoms with van der Waals surface area (Å²) in [6.07, 6.45) is 6.37. The summed E-state index contributed by atoms with van der Waals surface area (Å²) in [5.74, 6) is -0.0754. The number of hydrogen-bond acceptors (Lipinski definition) is 9. The smallest absolute Gasteiger partial charge is 0.407 e. The molecule has 0 heterocycles. The minimum Gasteiger partial charge on any atom is -0.446 e. The fourth-order valence-electron chi connectivity index (χ4n) is 3.44. The van der Waals surface area contributed by atoms with Gasteiger partial charge in [-0.25, -0.2) is 4.79 Å². The molecule has 210 valence electrons. The third-order valence-electron chi connectivity index (χ3n) is 5.67. The average molecular weight is 535 g/mol. The standard InChI is InChI=1S/C25H46N2O8S/c1-20(2)23(28)8-9-24(29)26-10-12-31-14-16-33-18-19-34-17-15-32-13-11-27-25(30)35-21-4-6-22(36-3)7-5-21/h20-22H,4-19H2,1-3H3,(H,26,29)(H,27,30). The third kappa shape index (κ3) is 17.9. The van der Waals surface area contributed by atoms with Crippen LogP contribution in [0.4, 0.5) is 4.79 Å². The van der Waals surface area contributed by atoms with Crippen molar-refractivity contribution >= 4 is 29.5 Å². The molecule has 11 heteroatoms. The van der Waals surface area contributed by atoms with E-state index in [0.717, 1.165) is 25.7 Å². The van der Waals surface area contributed by atoms with Gasteiger partial charge in [-0.15, -0.1) is 0 Å². The number of nitrogens with one attached hydrogen (secondary N) is 2. The van der Waals surface area contributed by atoms with Crippen molar-refractivity contribution in [2.24, 2.45) is 5.92 Å². The van der Waals surface area contributed by atoms with Crippen LogP contribution in [0.5, 0.6) is 0 Å². The normalized spacial score (nSPS) is 17.7. The number of Topliss-reactive ketones (excluding diaryl/α,β-unsaturated/α-hetero) is 1. The van der Waals surface area contributed by atoms with Gasteiger partial charge >= 0.3 is 6.09 Å². The molecular weight excluding hydrogens is 488 g/mol. The summed E-state index contributed by atoms with van der Waals surface area (Å²) in [5.41, 5.74) is 0. The molecule has 1 aliphatic carbocycles. The SMILES string of the molecule is CSC1CCC(OC(=O)NCCOCCOCCOCCOCCNC(=O)CCC(=O)C(C)C)CC1. The summed E-state index contributed by atoms with van der Waals surface area (Å²) in [6.45, 7) is 7.95. The lowest BCUT2D eigenvalue weighted by atomic mass is 9.97. The molecule has 10 nitrogen and oxygen atoms in total. The first-order chi connectivity index (χ1) is 17.4. The molecule has 0 aromatic rings. The van der Waals surface area contributed by atoms with E-state index < -0.39 is 0 Å². The van der Waals surface area contributed by atoms with Gasteiger partial charge in [0.2, 0.25) is 5.91 Å². The van der Waals surface area contributed by atoms with Crippen molar-refractivity contribution in [3.05, 3.63) is 0 Å². The predicted octanol–water partition coefficient (Wildman–Crippen LogP) is 2.57. The van der Waals surface area contributed by atoms with Gasteiger partial charge in [0.1, 0.15) is 11.9 Å². The van der Waals surface area contributed by atoms with E-state index in [2.05, 4.69) is 16.9 Å². The zero-order valence-corrected chi connectivity index (χ0v) is 23.0. The summed E-state index contributed by atoms with van der Waals surface area (Å²) >= 11 is 1.89. The number of carbonyl (C=O) groups excluding carboxylic acids is 3. The lowest BCUT2D eigenvalue weighted by Gasteiger charge is -2.27. The molecule has 1 saturated carbocycles. The molecular formula is C25H46N2O8S. The van der Waals surface area contributed by atoms with E-state index in [1.807, 2.05) is 25.6 Å². The number of rotatable bonds is 21. The van der Waals surface area contributed by atoms with E-state index in [0.29, 0.717) is 71.2 Å². The van der Waals surface area contributed by atoms with E-state index >= 15 is 0 Å². The molecule has 0 aliphatic heterocycles. The summed E-state index contributed by atoms with van der Waals surface area (Å²) < 4.78 is 27.1. The first-order valence-corrected chi connectivity index (χ1v) is 14.3. The van der Waals surface area contributed by atoms with E-state index in [-0.39, 0.29) is 42.6 Å². The van der Waals surface area contributed by atoms with Gasteiger partial charge in [-0.2, -0.15) is 11.8 Å². The van der Waals surface area contributed by atoms with Crippen LogP contribution in [0.2, 0.25) is 0 Å². The quantitative estimate of drug-likeness (QED) is 0.214. The maximum Gasteiger partial charge on any atom is 0.407 e. The second kappa shape index (κ2) is 21.7. The molecule has 1 rings (SSSR count). The molecule has 0 aromatic heterocycles. The van der Waals surface area contributed by atoms with E-state index in [1.54, 1.807) is 0 Å². The highest BCUT2D eigenvalue weighted by Gasteiger charge is 2.23. The maximum absolute atomic E-state index is 11.8. The minimum absolute atomic E-state index is 0.0301. The summed E-state index contributed by atoms with van der Waals surface area (Å²) in [5, 5.41) is 6.14. The lowest BCUT2D eigenvalue weighted by Crippen LogP contribution is -2.33. The van der Waals surface area contributed by atoms with Crippen LogP contribution in [0, 0.1) is 5.92 Å². The average Bonchev–Trinajstić information content (AvgIpc) is 2.87. The molecule has 1 aliphatic rings. The molecule has 0 atom stereocenters. The molecule has 2 N–H and O–H groups in total. The van der Waals surface area contributed by atoms with Gasteiger partial charge in [0.05, 0.1) is 52.9 Å². The molecule has 0 bridgehead atoms. The molecule has 0 radical (unpaired) electrons. The van der Waals surface area contributed by atoms with Crippen molar-refractivity contribution in [2.45, 2.75) is 63.7 Å². The van der Waals surface area contributed by atoms with Crippen LogP contribution in [-0.2, 0) is 33.3 Å². The number of ketones is 1. The largest absolute Gasteiger partial charge is 0.446 e. The highest BCUT2D eigenvalue weighted by Crippen LogP contribution is 2.28. The number of ether oxygens (including phenoxy) is 5. The van der Waals surface area contributed by atoms with Gasteiger partial charge in [0, 0.05) is 37.1 Å².